The van der Waals surface area contributed by atoms with Crippen LogP contribution >= 0.6 is 46.6 Å². The van der Waals surface area contributed by atoms with E-state index in [1.807, 2.05) is 0 Å². The van der Waals surface area contributed by atoms with Gasteiger partial charge in [-0.05, 0) is 16.0 Å². The number of aryl methyl sites for hydroxylation is 1. The average Bonchev–Trinajstić information content (AvgIpc) is 3.44. The highest BCUT2D eigenvalue weighted by atomic mass is 32.2. The van der Waals surface area contributed by atoms with Crippen molar-refractivity contribution in [2.75, 3.05) is 28.7 Å². The number of oxime groups is 1. The van der Waals surface area contributed by atoms with Gasteiger partial charge >= 0.3 is 5.97 Å². The molecule has 3 aliphatic rings. The maximum absolute atomic E-state index is 13.1. The third-order valence-electron chi connectivity index (χ3n) is 5.37. The number of fused-ring (bicyclic) bond motifs is 1. The van der Waals surface area contributed by atoms with Gasteiger partial charge in [-0.3, -0.25) is 14.5 Å². The SMILES string of the molecule is Cn1nnnc1SCC1=C(C(=O)O)N2C(=O)C(NC(=O)/C(=N\OC3CSC3)c3csc(N)n3)[C@H]2SC1. The van der Waals surface area contributed by atoms with Gasteiger partial charge in [0.1, 0.15) is 28.9 Å². The number of carbonyl (C=O) groups is 3. The Kier molecular flexibility index (Phi) is 7.09. The van der Waals surface area contributed by atoms with Crippen LogP contribution in [0, 0.1) is 0 Å². The van der Waals surface area contributed by atoms with Crippen LogP contribution in [0.2, 0.25) is 0 Å². The van der Waals surface area contributed by atoms with Crippen molar-refractivity contribution in [3.05, 3.63) is 22.3 Å². The maximum atomic E-state index is 13.1. The summed E-state index contributed by atoms with van der Waals surface area (Å²) in [5.41, 5.74) is 6.36. The van der Waals surface area contributed by atoms with Crippen LogP contribution in [0.5, 0.6) is 0 Å². The van der Waals surface area contributed by atoms with Crippen molar-refractivity contribution in [2.24, 2.45) is 12.2 Å². The molecular formula is C18H19N9O5S4. The minimum atomic E-state index is -1.21. The molecule has 0 radical (unpaired) electrons. The Hall–Kier alpha value is -2.83. The Morgan fingerprint density at radius 1 is 1.42 bits per heavy atom. The molecule has 2 aromatic rings. The van der Waals surface area contributed by atoms with E-state index in [1.165, 1.54) is 33.1 Å². The van der Waals surface area contributed by atoms with Crippen LogP contribution in [0.4, 0.5) is 5.13 Å². The number of nitrogens with two attached hydrogens (primary N) is 1. The number of anilines is 1. The molecule has 3 aliphatic heterocycles. The molecule has 190 valence electrons. The molecule has 5 heterocycles. The van der Waals surface area contributed by atoms with Crippen LogP contribution in [0.15, 0.2) is 27.0 Å². The molecule has 0 aliphatic carbocycles. The van der Waals surface area contributed by atoms with Crippen molar-refractivity contribution < 1.29 is 24.3 Å². The maximum Gasteiger partial charge on any atom is 0.352 e. The molecule has 14 nitrogen and oxygen atoms in total. The number of nitrogens with one attached hydrogen (secondary N) is 1. The summed E-state index contributed by atoms with van der Waals surface area (Å²) < 4.78 is 1.48. The van der Waals surface area contributed by atoms with Crippen molar-refractivity contribution in [1.29, 1.82) is 0 Å². The van der Waals surface area contributed by atoms with Crippen molar-refractivity contribution in [1.82, 2.24) is 35.4 Å². The Morgan fingerprint density at radius 2 is 2.22 bits per heavy atom. The predicted octanol–water partition coefficient (Wildman–Crippen LogP) is -0.384. The summed E-state index contributed by atoms with van der Waals surface area (Å²) in [5.74, 6) is -0.175. The number of thioether (sulfide) groups is 3. The lowest BCUT2D eigenvalue weighted by atomic mass is 10.0. The molecule has 18 heteroatoms. The summed E-state index contributed by atoms with van der Waals surface area (Å²) in [7, 11) is 1.68. The van der Waals surface area contributed by atoms with Crippen LogP contribution in [0.3, 0.4) is 0 Å². The summed E-state index contributed by atoms with van der Waals surface area (Å²) in [5, 5.41) is 29.5. The molecule has 2 amide bonds. The van der Waals surface area contributed by atoms with Crippen molar-refractivity contribution in [3.63, 3.8) is 0 Å². The number of hydrogen-bond donors (Lipinski definition) is 3. The Bertz CT molecular complexity index is 1270. The first kappa shape index (κ1) is 24.8. The van der Waals surface area contributed by atoms with E-state index in [4.69, 9.17) is 10.6 Å². The van der Waals surface area contributed by atoms with E-state index in [2.05, 4.69) is 31.0 Å². The lowest BCUT2D eigenvalue weighted by Gasteiger charge is -2.49. The standard InChI is InChI=1S/C18H19N9O5S4/c1-26-18(22-24-25-26)36-3-7-2-34-15-11(14(29)27(15)12(7)16(30)31)21-13(28)10(9-6-35-17(19)20-9)23-32-8-4-33-5-8/h6,8,11,15H,2-5H2,1H3,(H2,19,20)(H,21,28)(H,30,31)/b23-10-/t11?,15-/m1/s1. The van der Waals surface area contributed by atoms with Crippen molar-refractivity contribution in [3.8, 4) is 0 Å². The number of amides is 2. The smallest absolute Gasteiger partial charge is 0.352 e. The number of rotatable bonds is 9. The van der Waals surface area contributed by atoms with Gasteiger partial charge in [0.2, 0.25) is 5.16 Å². The number of nitrogen functional groups attached to an aromatic ring is 1. The second-order valence-corrected chi connectivity index (χ2v) is 11.8. The molecule has 1 unspecified atom stereocenters. The number of hydrogen-bond acceptors (Lipinski definition) is 14. The van der Waals surface area contributed by atoms with E-state index in [9.17, 15) is 19.5 Å². The Morgan fingerprint density at radius 3 is 2.83 bits per heavy atom. The fourth-order valence-electron chi connectivity index (χ4n) is 3.50. The first-order valence-corrected chi connectivity index (χ1v) is 14.5. The molecule has 4 N–H and O–H groups in total. The van der Waals surface area contributed by atoms with E-state index in [0.29, 0.717) is 22.2 Å². The van der Waals surface area contributed by atoms with Crippen LogP contribution in [-0.4, -0.2) is 99.2 Å². The molecule has 0 aromatic carbocycles. The van der Waals surface area contributed by atoms with Gasteiger partial charge in [0.05, 0.1) is 0 Å². The first-order chi connectivity index (χ1) is 17.3. The number of thiazole rings is 1. The Balaban J connectivity index is 1.30. The van der Waals surface area contributed by atoms with Gasteiger partial charge in [-0.25, -0.2) is 14.5 Å². The zero-order valence-electron chi connectivity index (χ0n) is 18.6. The van der Waals surface area contributed by atoms with E-state index >= 15 is 0 Å². The zero-order valence-corrected chi connectivity index (χ0v) is 21.8. The van der Waals surface area contributed by atoms with Gasteiger partial charge in [0, 0.05) is 35.4 Å². The van der Waals surface area contributed by atoms with Gasteiger partial charge in [0.25, 0.3) is 11.8 Å². The molecular weight excluding hydrogens is 551 g/mol. The molecule has 2 atom stereocenters. The normalized spacial score (nSPS) is 22.1. The molecule has 2 fully saturated rings. The highest BCUT2D eigenvalue weighted by molar-refractivity contribution is 8.01. The first-order valence-electron chi connectivity index (χ1n) is 10.4. The molecule has 36 heavy (non-hydrogen) atoms. The number of nitrogens with zero attached hydrogens (tertiary/aromatic N) is 7. The van der Waals surface area contributed by atoms with E-state index in [1.54, 1.807) is 24.2 Å². The summed E-state index contributed by atoms with van der Waals surface area (Å²) >= 11 is 5.50. The van der Waals surface area contributed by atoms with Crippen molar-refractivity contribution in [2.45, 2.75) is 22.7 Å². The van der Waals surface area contributed by atoms with Gasteiger partial charge in [-0.1, -0.05) is 16.9 Å². The molecule has 5 rings (SSSR count). The molecule has 2 aromatic heterocycles. The second-order valence-electron chi connectivity index (χ2n) is 7.77. The highest BCUT2D eigenvalue weighted by Gasteiger charge is 2.54. The number of aromatic nitrogens is 5. The quantitative estimate of drug-likeness (QED) is 0.153. The lowest BCUT2D eigenvalue weighted by molar-refractivity contribution is -0.150. The number of β-lactam (4-membered cyclic amide) rings is 1. The average molecular weight is 570 g/mol. The highest BCUT2D eigenvalue weighted by Crippen LogP contribution is 2.41. The minimum Gasteiger partial charge on any atom is -0.477 e. The number of aliphatic carboxylic acids is 1. The topological polar surface area (TPSA) is 191 Å². The second kappa shape index (κ2) is 10.3. The fourth-order valence-corrected chi connectivity index (χ4v) is 6.93. The monoisotopic (exact) mass is 569 g/mol. The van der Waals surface area contributed by atoms with Gasteiger partial charge in [-0.15, -0.1) is 28.2 Å². The van der Waals surface area contributed by atoms with Crippen molar-refractivity contribution >= 4 is 75.2 Å². The summed E-state index contributed by atoms with van der Waals surface area (Å²) in [6.07, 6.45) is -0.0969. The van der Waals surface area contributed by atoms with Gasteiger partial charge < -0.3 is 21.0 Å². The van der Waals surface area contributed by atoms with Crippen LogP contribution in [0.1, 0.15) is 5.69 Å². The van der Waals surface area contributed by atoms with E-state index in [0.717, 1.165) is 22.8 Å². The predicted molar refractivity (Wildman–Crippen MR) is 134 cm³/mol. The van der Waals surface area contributed by atoms with E-state index in [-0.39, 0.29) is 28.3 Å². The molecule has 0 bridgehead atoms. The number of carboxylic acids is 1. The van der Waals surface area contributed by atoms with Crippen LogP contribution in [0.25, 0.3) is 0 Å². The third kappa shape index (κ3) is 4.76. The zero-order chi connectivity index (χ0) is 25.4. The number of tetrazole rings is 1. The summed E-state index contributed by atoms with van der Waals surface area (Å²) in [6, 6.07) is -0.922. The summed E-state index contributed by atoms with van der Waals surface area (Å²) in [4.78, 5) is 49.0. The molecule has 0 saturated carbocycles. The minimum absolute atomic E-state index is 0.0798. The largest absolute Gasteiger partial charge is 0.477 e. The van der Waals surface area contributed by atoms with E-state index < -0.39 is 29.2 Å². The van der Waals surface area contributed by atoms with Crippen LogP contribution < -0.4 is 11.1 Å². The third-order valence-corrected chi connectivity index (χ3v) is 9.70. The fraction of sp³-hybridized carbons (Fsp3) is 0.444. The summed E-state index contributed by atoms with van der Waals surface area (Å²) in [6.45, 7) is 0. The molecule has 2 saturated heterocycles. The molecule has 0 spiro atoms. The number of carbonyl (C=O) groups excluding carboxylic acids is 2. The van der Waals surface area contributed by atoms with Gasteiger partial charge in [-0.2, -0.15) is 11.8 Å². The van der Waals surface area contributed by atoms with Crippen LogP contribution in [-0.2, 0) is 26.3 Å². The number of carboxylic acid groups (broad SMARTS) is 1. The van der Waals surface area contributed by atoms with Gasteiger partial charge in [0.15, 0.2) is 10.8 Å². The lowest BCUT2D eigenvalue weighted by Crippen LogP contribution is -2.71. The Labute approximate surface area is 220 Å².